The summed E-state index contributed by atoms with van der Waals surface area (Å²) in [6.07, 6.45) is 0.650. The Morgan fingerprint density at radius 2 is 2.38 bits per heavy atom. The van der Waals surface area contributed by atoms with Crippen molar-refractivity contribution in [3.8, 4) is 0 Å². The number of hydrogen-bond acceptors (Lipinski definition) is 2. The predicted octanol–water partition coefficient (Wildman–Crippen LogP) is 0.933. The highest BCUT2D eigenvalue weighted by atomic mass is 32.2. The Hall–Kier alpha value is -0.180. The van der Waals surface area contributed by atoms with Crippen molar-refractivity contribution in [3.63, 3.8) is 0 Å². The van der Waals surface area contributed by atoms with Gasteiger partial charge in [0, 0.05) is 11.2 Å². The maximum atomic E-state index is 10.5. The van der Waals surface area contributed by atoms with Crippen LogP contribution in [0.4, 0.5) is 0 Å². The summed E-state index contributed by atoms with van der Waals surface area (Å²) in [4.78, 5) is 10.5. The van der Waals surface area contributed by atoms with Gasteiger partial charge in [-0.2, -0.15) is 0 Å². The van der Waals surface area contributed by atoms with Gasteiger partial charge in [0.25, 0.3) is 0 Å². The lowest BCUT2D eigenvalue weighted by Gasteiger charge is -2.09. The largest absolute Gasteiger partial charge is 0.300 e. The van der Waals surface area contributed by atoms with Crippen LogP contribution in [0.3, 0.4) is 0 Å². The van der Waals surface area contributed by atoms with Gasteiger partial charge in [-0.05, 0) is 25.8 Å². The smallest absolute Gasteiger partial charge is 0.231 e. The first-order valence-corrected chi connectivity index (χ1v) is 3.39. The molecule has 0 unspecified atom stereocenters. The van der Waals surface area contributed by atoms with E-state index in [9.17, 15) is 4.79 Å². The van der Waals surface area contributed by atoms with Crippen molar-refractivity contribution in [1.29, 1.82) is 0 Å². The van der Waals surface area contributed by atoms with Crippen molar-refractivity contribution in [1.82, 2.24) is 4.72 Å². The van der Waals surface area contributed by atoms with Crippen LogP contribution in [0.25, 0.3) is 0 Å². The second kappa shape index (κ2) is 1.65. The molecule has 0 bridgehead atoms. The molecule has 0 aromatic heterocycles. The highest BCUT2D eigenvalue weighted by molar-refractivity contribution is 7.99. The van der Waals surface area contributed by atoms with Crippen LogP contribution < -0.4 is 4.72 Å². The Morgan fingerprint density at radius 3 is 2.50 bits per heavy atom. The molecule has 1 amide bonds. The normalized spacial score (nSPS) is 25.5. The summed E-state index contributed by atoms with van der Waals surface area (Å²) in [6.45, 7) is 4.10. The van der Waals surface area contributed by atoms with Crippen molar-refractivity contribution < 1.29 is 4.79 Å². The fourth-order valence-corrected chi connectivity index (χ4v) is 1.32. The standard InChI is InChI=1S/C5H9NOS/c1-5(2)3-4(7)6-8-5/h3H2,1-2H3,(H,6,7). The SMILES string of the molecule is CC1(C)CC(=O)NS1. The number of carbonyl (C=O) groups excluding carboxylic acids is 1. The molecule has 0 aromatic rings. The molecule has 1 N–H and O–H groups in total. The molecule has 0 aliphatic carbocycles. The number of carbonyl (C=O) groups is 1. The van der Waals surface area contributed by atoms with Gasteiger partial charge in [-0.3, -0.25) is 9.52 Å². The minimum Gasteiger partial charge on any atom is -0.300 e. The van der Waals surface area contributed by atoms with E-state index < -0.39 is 0 Å². The molecule has 1 aliphatic heterocycles. The Labute approximate surface area is 53.2 Å². The highest BCUT2D eigenvalue weighted by Crippen LogP contribution is 2.30. The van der Waals surface area contributed by atoms with Crippen molar-refractivity contribution in [2.75, 3.05) is 0 Å². The van der Waals surface area contributed by atoms with E-state index in [-0.39, 0.29) is 10.7 Å². The van der Waals surface area contributed by atoms with E-state index in [1.54, 1.807) is 0 Å². The Bertz CT molecular complexity index is 122. The van der Waals surface area contributed by atoms with Crippen LogP contribution in [0, 0.1) is 0 Å². The summed E-state index contributed by atoms with van der Waals surface area (Å²) in [5.41, 5.74) is 0. The topological polar surface area (TPSA) is 29.1 Å². The van der Waals surface area contributed by atoms with Gasteiger partial charge >= 0.3 is 0 Å². The predicted molar refractivity (Wildman–Crippen MR) is 34.4 cm³/mol. The highest BCUT2D eigenvalue weighted by Gasteiger charge is 2.29. The molecule has 0 saturated carbocycles. The van der Waals surface area contributed by atoms with Crippen LogP contribution in [0.1, 0.15) is 20.3 Å². The molecule has 2 nitrogen and oxygen atoms in total. The van der Waals surface area contributed by atoms with Gasteiger partial charge in [-0.1, -0.05) is 0 Å². The van der Waals surface area contributed by atoms with Crippen LogP contribution in [0.15, 0.2) is 0 Å². The van der Waals surface area contributed by atoms with Gasteiger partial charge < -0.3 is 0 Å². The van der Waals surface area contributed by atoms with Crippen molar-refractivity contribution in [3.05, 3.63) is 0 Å². The van der Waals surface area contributed by atoms with Crippen LogP contribution in [-0.4, -0.2) is 10.7 Å². The Morgan fingerprint density at radius 1 is 1.75 bits per heavy atom. The van der Waals surface area contributed by atoms with Crippen molar-refractivity contribution >= 4 is 17.9 Å². The minimum absolute atomic E-state index is 0.122. The first-order valence-electron chi connectivity index (χ1n) is 2.57. The van der Waals surface area contributed by atoms with E-state index in [0.29, 0.717) is 6.42 Å². The van der Waals surface area contributed by atoms with E-state index in [1.807, 2.05) is 0 Å². The zero-order valence-corrected chi connectivity index (χ0v) is 5.84. The van der Waals surface area contributed by atoms with Gasteiger partial charge in [-0.15, -0.1) is 0 Å². The number of hydrogen-bond donors (Lipinski definition) is 1. The van der Waals surface area contributed by atoms with Crippen molar-refractivity contribution in [2.45, 2.75) is 25.0 Å². The average Bonchev–Trinajstić information content (AvgIpc) is 1.82. The van der Waals surface area contributed by atoms with Crippen LogP contribution >= 0.6 is 11.9 Å². The maximum absolute atomic E-state index is 10.5. The third-order valence-electron chi connectivity index (χ3n) is 1.03. The van der Waals surface area contributed by atoms with Gasteiger partial charge in [0.15, 0.2) is 0 Å². The summed E-state index contributed by atoms with van der Waals surface area (Å²) in [5, 5.41) is 0. The first kappa shape index (κ1) is 5.95. The average molecular weight is 131 g/mol. The number of amides is 1. The molecule has 46 valence electrons. The molecule has 3 heteroatoms. The molecule has 8 heavy (non-hydrogen) atoms. The maximum Gasteiger partial charge on any atom is 0.231 e. The van der Waals surface area contributed by atoms with Gasteiger partial charge in [0.2, 0.25) is 5.91 Å². The lowest BCUT2D eigenvalue weighted by atomic mass is 10.1. The summed E-state index contributed by atoms with van der Waals surface area (Å²) in [6, 6.07) is 0. The fourth-order valence-electron chi connectivity index (χ4n) is 0.654. The zero-order valence-electron chi connectivity index (χ0n) is 5.02. The Balaban J connectivity index is 2.56. The molecule has 0 aromatic carbocycles. The van der Waals surface area contributed by atoms with Crippen LogP contribution in [0.5, 0.6) is 0 Å². The number of rotatable bonds is 0. The third-order valence-corrected chi connectivity index (χ3v) is 2.05. The molecule has 0 radical (unpaired) electrons. The molecule has 1 fully saturated rings. The molecule has 0 spiro atoms. The zero-order chi connectivity index (χ0) is 6.20. The van der Waals surface area contributed by atoms with E-state index in [0.717, 1.165) is 0 Å². The molecular formula is C5H9NOS. The first-order chi connectivity index (χ1) is 3.60. The van der Waals surface area contributed by atoms with E-state index in [4.69, 9.17) is 0 Å². The third kappa shape index (κ3) is 1.15. The monoisotopic (exact) mass is 131 g/mol. The molecule has 1 heterocycles. The lowest BCUT2D eigenvalue weighted by Crippen LogP contribution is -2.10. The van der Waals surface area contributed by atoms with Crippen LogP contribution in [-0.2, 0) is 4.79 Å². The Kier molecular flexibility index (Phi) is 1.23. The van der Waals surface area contributed by atoms with Gasteiger partial charge in [0.1, 0.15) is 0 Å². The molecule has 0 atom stereocenters. The molecule has 1 aliphatic rings. The summed E-state index contributed by atoms with van der Waals surface area (Å²) >= 11 is 1.51. The van der Waals surface area contributed by atoms with E-state index in [2.05, 4.69) is 18.6 Å². The second-order valence-electron chi connectivity index (χ2n) is 2.56. The fraction of sp³-hybridized carbons (Fsp3) is 0.800. The second-order valence-corrected chi connectivity index (χ2v) is 4.08. The number of nitrogens with one attached hydrogen (secondary N) is 1. The minimum atomic E-state index is 0.122. The molecule has 1 rings (SSSR count). The van der Waals surface area contributed by atoms with E-state index >= 15 is 0 Å². The quantitative estimate of drug-likeness (QED) is 0.495. The summed E-state index contributed by atoms with van der Waals surface area (Å²) < 4.78 is 2.81. The summed E-state index contributed by atoms with van der Waals surface area (Å²) in [7, 11) is 0. The van der Waals surface area contributed by atoms with Gasteiger partial charge in [0.05, 0.1) is 0 Å². The molecule has 1 saturated heterocycles. The molecular weight excluding hydrogens is 122 g/mol. The summed E-state index contributed by atoms with van der Waals surface area (Å²) in [5.74, 6) is 0.153. The van der Waals surface area contributed by atoms with Gasteiger partial charge in [-0.25, -0.2) is 0 Å². The van der Waals surface area contributed by atoms with E-state index in [1.165, 1.54) is 11.9 Å². The lowest BCUT2D eigenvalue weighted by molar-refractivity contribution is -0.118. The van der Waals surface area contributed by atoms with Crippen LogP contribution in [0.2, 0.25) is 0 Å². The van der Waals surface area contributed by atoms with Crippen molar-refractivity contribution in [2.24, 2.45) is 0 Å².